The van der Waals surface area contributed by atoms with Gasteiger partial charge in [-0.05, 0) is 44.9 Å². The van der Waals surface area contributed by atoms with Crippen molar-refractivity contribution in [2.75, 3.05) is 18.0 Å². The van der Waals surface area contributed by atoms with Crippen LogP contribution in [0, 0.1) is 0 Å². The van der Waals surface area contributed by atoms with Crippen LogP contribution in [-0.4, -0.2) is 45.8 Å². The van der Waals surface area contributed by atoms with E-state index in [1.54, 1.807) is 0 Å². The zero-order chi connectivity index (χ0) is 21.1. The van der Waals surface area contributed by atoms with Gasteiger partial charge in [0.15, 0.2) is 0 Å². The van der Waals surface area contributed by atoms with E-state index >= 15 is 0 Å². The molecule has 1 aromatic carbocycles. The van der Waals surface area contributed by atoms with E-state index in [0.29, 0.717) is 6.54 Å². The Balaban J connectivity index is 1.38. The van der Waals surface area contributed by atoms with E-state index in [2.05, 4.69) is 25.2 Å². The van der Waals surface area contributed by atoms with Gasteiger partial charge < -0.3 is 19.9 Å². The van der Waals surface area contributed by atoms with Gasteiger partial charge in [0, 0.05) is 24.8 Å². The molecule has 3 aromatic rings. The Bertz CT molecular complexity index is 992. The summed E-state index contributed by atoms with van der Waals surface area (Å²) in [5, 5.41) is 2.95. The summed E-state index contributed by atoms with van der Waals surface area (Å²) in [6, 6.07) is 14.2. The molecule has 1 aliphatic heterocycles. The minimum Gasteiger partial charge on any atom is -0.444 e. The molecule has 2 N–H and O–H groups in total. The molecule has 3 heterocycles. The molecule has 1 atom stereocenters. The van der Waals surface area contributed by atoms with E-state index in [-0.39, 0.29) is 12.1 Å². The number of aromatic amines is 1. The predicted octanol–water partition coefficient (Wildman–Crippen LogP) is 4.24. The lowest BCUT2D eigenvalue weighted by Gasteiger charge is -2.22. The first kappa shape index (κ1) is 19.9. The van der Waals surface area contributed by atoms with Crippen LogP contribution in [-0.2, 0) is 4.74 Å². The van der Waals surface area contributed by atoms with Crippen molar-refractivity contribution < 1.29 is 9.53 Å². The van der Waals surface area contributed by atoms with Crippen molar-refractivity contribution in [2.45, 2.75) is 38.8 Å². The standard InChI is InChI=1S/C23H27N5O2/c1-23(2,3)30-22(29)26-18-11-12-28(15-18)20-10-9-17(13-24-20)21-25-14-19(27-21)16-7-5-4-6-8-16/h4-10,13-14,18H,11-12,15H2,1-3H3,(H,25,27)(H,26,29). The van der Waals surface area contributed by atoms with Crippen LogP contribution in [0.4, 0.5) is 10.6 Å². The molecule has 1 unspecified atom stereocenters. The van der Waals surface area contributed by atoms with Gasteiger partial charge in [-0.1, -0.05) is 30.3 Å². The Morgan fingerprint density at radius 1 is 1.10 bits per heavy atom. The van der Waals surface area contributed by atoms with Crippen LogP contribution in [0.2, 0.25) is 0 Å². The van der Waals surface area contributed by atoms with Crippen molar-refractivity contribution in [1.29, 1.82) is 0 Å². The topological polar surface area (TPSA) is 83.1 Å². The number of imidazole rings is 1. The molecule has 0 spiro atoms. The number of aromatic nitrogens is 3. The number of ether oxygens (including phenoxy) is 1. The summed E-state index contributed by atoms with van der Waals surface area (Å²) in [7, 11) is 0. The number of hydrogen-bond acceptors (Lipinski definition) is 5. The molecule has 0 radical (unpaired) electrons. The first-order chi connectivity index (χ1) is 14.4. The summed E-state index contributed by atoms with van der Waals surface area (Å²) in [4.78, 5) is 26.6. The van der Waals surface area contributed by atoms with Gasteiger partial charge in [-0.25, -0.2) is 14.8 Å². The van der Waals surface area contributed by atoms with Gasteiger partial charge in [-0.2, -0.15) is 0 Å². The smallest absolute Gasteiger partial charge is 0.407 e. The number of nitrogens with one attached hydrogen (secondary N) is 2. The molecule has 0 saturated carbocycles. The van der Waals surface area contributed by atoms with E-state index in [4.69, 9.17) is 4.74 Å². The Morgan fingerprint density at radius 3 is 2.60 bits per heavy atom. The number of benzene rings is 1. The van der Waals surface area contributed by atoms with Crippen LogP contribution in [0.15, 0.2) is 54.9 Å². The second-order valence-corrected chi connectivity index (χ2v) is 8.49. The summed E-state index contributed by atoms with van der Waals surface area (Å²) >= 11 is 0. The number of alkyl carbamates (subject to hydrolysis) is 1. The van der Waals surface area contributed by atoms with Gasteiger partial charge >= 0.3 is 6.09 Å². The van der Waals surface area contributed by atoms with Crippen molar-refractivity contribution >= 4 is 11.9 Å². The van der Waals surface area contributed by atoms with Gasteiger partial charge in [0.05, 0.1) is 17.9 Å². The second-order valence-electron chi connectivity index (χ2n) is 8.49. The van der Waals surface area contributed by atoms with Crippen LogP contribution in [0.1, 0.15) is 27.2 Å². The van der Waals surface area contributed by atoms with E-state index < -0.39 is 5.60 Å². The van der Waals surface area contributed by atoms with Crippen LogP contribution in [0.3, 0.4) is 0 Å². The molecule has 0 bridgehead atoms. The summed E-state index contributed by atoms with van der Waals surface area (Å²) in [5.74, 6) is 1.68. The zero-order valence-electron chi connectivity index (χ0n) is 17.6. The summed E-state index contributed by atoms with van der Waals surface area (Å²) in [6.07, 6.45) is 4.16. The lowest BCUT2D eigenvalue weighted by Crippen LogP contribution is -2.40. The molecule has 30 heavy (non-hydrogen) atoms. The number of H-pyrrole nitrogens is 1. The third-order valence-electron chi connectivity index (χ3n) is 4.92. The lowest BCUT2D eigenvalue weighted by atomic mass is 10.2. The summed E-state index contributed by atoms with van der Waals surface area (Å²) in [6.45, 7) is 7.14. The number of pyridine rings is 1. The molecule has 1 fully saturated rings. The maximum atomic E-state index is 12.0. The van der Waals surface area contributed by atoms with E-state index in [1.165, 1.54) is 0 Å². The number of nitrogens with zero attached hydrogens (tertiary/aromatic N) is 3. The number of carbonyl (C=O) groups is 1. The first-order valence-electron chi connectivity index (χ1n) is 10.2. The number of hydrogen-bond donors (Lipinski definition) is 2. The Hall–Kier alpha value is -3.35. The number of rotatable bonds is 4. The van der Waals surface area contributed by atoms with Gasteiger partial charge in [0.1, 0.15) is 17.2 Å². The molecule has 1 aliphatic rings. The van der Waals surface area contributed by atoms with Crippen LogP contribution >= 0.6 is 0 Å². The lowest BCUT2D eigenvalue weighted by molar-refractivity contribution is 0.0509. The average molecular weight is 406 g/mol. The van der Waals surface area contributed by atoms with Crippen LogP contribution in [0.25, 0.3) is 22.6 Å². The maximum absolute atomic E-state index is 12.0. The van der Waals surface area contributed by atoms with E-state index in [1.807, 2.05) is 75.6 Å². The van der Waals surface area contributed by atoms with Crippen molar-refractivity contribution in [3.63, 3.8) is 0 Å². The molecular weight excluding hydrogens is 378 g/mol. The van der Waals surface area contributed by atoms with Gasteiger partial charge in [-0.15, -0.1) is 0 Å². The highest BCUT2D eigenvalue weighted by Gasteiger charge is 2.26. The molecular formula is C23H27N5O2. The minimum atomic E-state index is -0.494. The molecule has 7 heteroatoms. The predicted molar refractivity (Wildman–Crippen MR) is 117 cm³/mol. The van der Waals surface area contributed by atoms with Gasteiger partial charge in [0.25, 0.3) is 0 Å². The highest BCUT2D eigenvalue weighted by Crippen LogP contribution is 2.24. The fourth-order valence-electron chi connectivity index (χ4n) is 3.51. The van der Waals surface area contributed by atoms with Gasteiger partial charge in [-0.3, -0.25) is 0 Å². The molecule has 0 aliphatic carbocycles. The van der Waals surface area contributed by atoms with E-state index in [0.717, 1.165) is 41.4 Å². The Kier molecular flexibility index (Phi) is 5.44. The molecule has 7 nitrogen and oxygen atoms in total. The molecule has 4 rings (SSSR count). The summed E-state index contributed by atoms with van der Waals surface area (Å²) < 4.78 is 5.34. The quantitative estimate of drug-likeness (QED) is 0.678. The van der Waals surface area contributed by atoms with Crippen molar-refractivity contribution in [2.24, 2.45) is 0 Å². The van der Waals surface area contributed by atoms with Crippen LogP contribution < -0.4 is 10.2 Å². The number of carbonyl (C=O) groups excluding carboxylic acids is 1. The minimum absolute atomic E-state index is 0.0554. The monoisotopic (exact) mass is 405 g/mol. The summed E-state index contributed by atoms with van der Waals surface area (Å²) in [5.41, 5.74) is 2.52. The second kappa shape index (κ2) is 8.18. The average Bonchev–Trinajstić information content (AvgIpc) is 3.37. The normalized spacial score (nSPS) is 16.5. The van der Waals surface area contributed by atoms with Crippen molar-refractivity contribution in [3.8, 4) is 22.6 Å². The van der Waals surface area contributed by atoms with Crippen molar-refractivity contribution in [3.05, 3.63) is 54.9 Å². The highest BCUT2D eigenvalue weighted by molar-refractivity contribution is 5.68. The van der Waals surface area contributed by atoms with Crippen LogP contribution in [0.5, 0.6) is 0 Å². The molecule has 1 amide bonds. The third kappa shape index (κ3) is 4.79. The number of amides is 1. The molecule has 1 saturated heterocycles. The fraction of sp³-hybridized carbons (Fsp3) is 0.348. The SMILES string of the molecule is CC(C)(C)OC(=O)NC1CCN(c2ccc(-c3ncc(-c4ccccc4)[nH]3)cn2)C1. The zero-order valence-corrected chi connectivity index (χ0v) is 17.6. The Morgan fingerprint density at radius 2 is 1.90 bits per heavy atom. The third-order valence-corrected chi connectivity index (χ3v) is 4.92. The first-order valence-corrected chi connectivity index (χ1v) is 10.2. The molecule has 2 aromatic heterocycles. The number of anilines is 1. The largest absolute Gasteiger partial charge is 0.444 e. The van der Waals surface area contributed by atoms with E-state index in [9.17, 15) is 4.79 Å². The highest BCUT2D eigenvalue weighted by atomic mass is 16.6. The fourth-order valence-corrected chi connectivity index (χ4v) is 3.51. The van der Waals surface area contributed by atoms with Crippen molar-refractivity contribution in [1.82, 2.24) is 20.3 Å². The maximum Gasteiger partial charge on any atom is 0.407 e. The molecule has 156 valence electrons. The Labute approximate surface area is 176 Å². The van der Waals surface area contributed by atoms with Gasteiger partial charge in [0.2, 0.25) is 0 Å².